The van der Waals surface area contributed by atoms with Crippen LogP contribution in [-0.4, -0.2) is 6.61 Å². The number of hydrogen-bond acceptors (Lipinski definition) is 2. The quantitative estimate of drug-likeness (QED) is 0.749. The highest BCUT2D eigenvalue weighted by molar-refractivity contribution is 6.42. The summed E-state index contributed by atoms with van der Waals surface area (Å²) in [4.78, 5) is 0. The summed E-state index contributed by atoms with van der Waals surface area (Å²) in [6, 6.07) is 8.14. The van der Waals surface area contributed by atoms with Crippen LogP contribution >= 0.6 is 46.4 Å². The Morgan fingerprint density at radius 1 is 0.952 bits per heavy atom. The molecule has 0 radical (unpaired) electrons. The highest BCUT2D eigenvalue weighted by Gasteiger charge is 2.17. The number of rotatable bonds is 4. The van der Waals surface area contributed by atoms with Gasteiger partial charge in [-0.1, -0.05) is 52.5 Å². The van der Waals surface area contributed by atoms with E-state index in [9.17, 15) is 0 Å². The predicted molar refractivity (Wildman–Crippen MR) is 90.1 cm³/mol. The fourth-order valence-corrected chi connectivity index (χ4v) is 2.74. The highest BCUT2D eigenvalue weighted by atomic mass is 35.5. The first kappa shape index (κ1) is 16.7. The Kier molecular flexibility index (Phi) is 5.64. The van der Waals surface area contributed by atoms with E-state index in [4.69, 9.17) is 56.9 Å². The number of halogens is 4. The molecule has 0 saturated carbocycles. The van der Waals surface area contributed by atoms with Crippen LogP contribution in [0.2, 0.25) is 20.1 Å². The molecule has 2 rings (SSSR count). The molecule has 2 nitrogen and oxygen atoms in total. The summed E-state index contributed by atoms with van der Waals surface area (Å²) in [7, 11) is 0. The second-order valence-electron chi connectivity index (χ2n) is 4.39. The maximum absolute atomic E-state index is 6.28. The van der Waals surface area contributed by atoms with Crippen molar-refractivity contribution in [3.63, 3.8) is 0 Å². The Labute approximate surface area is 143 Å². The highest BCUT2D eigenvalue weighted by Crippen LogP contribution is 2.36. The monoisotopic (exact) mass is 363 g/mol. The van der Waals surface area contributed by atoms with Gasteiger partial charge in [-0.15, -0.1) is 0 Å². The fourth-order valence-electron chi connectivity index (χ4n) is 1.93. The van der Waals surface area contributed by atoms with Gasteiger partial charge in [0.2, 0.25) is 0 Å². The van der Waals surface area contributed by atoms with Gasteiger partial charge in [-0.05, 0) is 36.2 Å². The molecule has 0 aliphatic carbocycles. The van der Waals surface area contributed by atoms with Crippen LogP contribution in [0.4, 0.5) is 0 Å². The minimum absolute atomic E-state index is 0.442. The lowest BCUT2D eigenvalue weighted by atomic mass is 9.99. The molecule has 0 fully saturated rings. The van der Waals surface area contributed by atoms with Crippen molar-refractivity contribution in [2.75, 3.05) is 6.61 Å². The van der Waals surface area contributed by atoms with E-state index in [1.807, 2.05) is 6.92 Å². The summed E-state index contributed by atoms with van der Waals surface area (Å²) in [5.41, 5.74) is 7.74. The molecule has 0 amide bonds. The van der Waals surface area contributed by atoms with Gasteiger partial charge in [0, 0.05) is 11.1 Å². The topological polar surface area (TPSA) is 35.2 Å². The minimum atomic E-state index is -0.458. The molecular formula is C15H13Cl4NO. The van der Waals surface area contributed by atoms with Crippen LogP contribution < -0.4 is 10.5 Å². The molecule has 21 heavy (non-hydrogen) atoms. The van der Waals surface area contributed by atoms with Crippen molar-refractivity contribution in [1.29, 1.82) is 0 Å². The zero-order valence-corrected chi connectivity index (χ0v) is 14.2. The Bertz CT molecular complexity index is 660. The molecule has 2 N–H and O–H groups in total. The van der Waals surface area contributed by atoms with Crippen molar-refractivity contribution in [3.05, 3.63) is 61.5 Å². The van der Waals surface area contributed by atoms with Crippen molar-refractivity contribution >= 4 is 46.4 Å². The van der Waals surface area contributed by atoms with E-state index in [1.165, 1.54) is 0 Å². The zero-order chi connectivity index (χ0) is 15.6. The van der Waals surface area contributed by atoms with E-state index in [1.54, 1.807) is 30.3 Å². The third-order valence-corrected chi connectivity index (χ3v) is 4.35. The summed E-state index contributed by atoms with van der Waals surface area (Å²) in [6.45, 7) is 2.38. The lowest BCUT2D eigenvalue weighted by Gasteiger charge is -2.17. The van der Waals surface area contributed by atoms with Gasteiger partial charge >= 0.3 is 0 Å². The molecule has 1 atom stereocenters. The Hall–Kier alpha value is -0.640. The average molecular weight is 365 g/mol. The summed E-state index contributed by atoms with van der Waals surface area (Å²) in [5, 5.41) is 1.87. The van der Waals surface area contributed by atoms with Gasteiger partial charge < -0.3 is 10.5 Å². The SMILES string of the molecule is CCOc1cc(Cl)c(C(N)c2ccc(Cl)c(Cl)c2)cc1Cl. The number of hydrogen-bond donors (Lipinski definition) is 1. The summed E-state index contributed by atoms with van der Waals surface area (Å²) in [6.07, 6.45) is 0. The minimum Gasteiger partial charge on any atom is -0.492 e. The average Bonchev–Trinajstić information content (AvgIpc) is 2.45. The van der Waals surface area contributed by atoms with Crippen LogP contribution in [0.5, 0.6) is 5.75 Å². The Morgan fingerprint density at radius 3 is 2.29 bits per heavy atom. The van der Waals surface area contributed by atoms with E-state index in [2.05, 4.69) is 0 Å². The predicted octanol–water partition coefficient (Wildman–Crippen LogP) is 5.75. The lowest BCUT2D eigenvalue weighted by Crippen LogP contribution is -2.12. The molecule has 1 unspecified atom stereocenters. The van der Waals surface area contributed by atoms with Crippen LogP contribution in [0.15, 0.2) is 30.3 Å². The first-order valence-corrected chi connectivity index (χ1v) is 7.77. The molecule has 0 saturated heterocycles. The van der Waals surface area contributed by atoms with E-state index in [0.717, 1.165) is 5.56 Å². The molecule has 0 spiro atoms. The summed E-state index contributed by atoms with van der Waals surface area (Å²) >= 11 is 24.4. The summed E-state index contributed by atoms with van der Waals surface area (Å²) < 4.78 is 5.40. The van der Waals surface area contributed by atoms with Crippen molar-refractivity contribution in [2.24, 2.45) is 5.73 Å². The second-order valence-corrected chi connectivity index (χ2v) is 6.02. The molecule has 2 aromatic carbocycles. The van der Waals surface area contributed by atoms with Crippen LogP contribution in [0, 0.1) is 0 Å². The van der Waals surface area contributed by atoms with Gasteiger partial charge in [-0.2, -0.15) is 0 Å². The maximum Gasteiger partial charge on any atom is 0.139 e. The van der Waals surface area contributed by atoms with E-state index in [-0.39, 0.29) is 0 Å². The van der Waals surface area contributed by atoms with Crippen LogP contribution in [0.3, 0.4) is 0 Å². The maximum atomic E-state index is 6.28. The first-order valence-electron chi connectivity index (χ1n) is 6.26. The normalized spacial score (nSPS) is 12.3. The molecular weight excluding hydrogens is 352 g/mol. The van der Waals surface area contributed by atoms with Gasteiger partial charge in [0.25, 0.3) is 0 Å². The molecule has 2 aromatic rings. The van der Waals surface area contributed by atoms with Crippen molar-refractivity contribution in [1.82, 2.24) is 0 Å². The lowest BCUT2D eigenvalue weighted by molar-refractivity contribution is 0.340. The Morgan fingerprint density at radius 2 is 1.67 bits per heavy atom. The van der Waals surface area contributed by atoms with E-state index < -0.39 is 6.04 Å². The van der Waals surface area contributed by atoms with Crippen molar-refractivity contribution < 1.29 is 4.74 Å². The van der Waals surface area contributed by atoms with Crippen LogP contribution in [0.1, 0.15) is 24.1 Å². The van der Waals surface area contributed by atoms with Gasteiger partial charge in [0.1, 0.15) is 5.75 Å². The zero-order valence-electron chi connectivity index (χ0n) is 11.2. The smallest absolute Gasteiger partial charge is 0.139 e. The fraction of sp³-hybridized carbons (Fsp3) is 0.200. The van der Waals surface area contributed by atoms with E-state index in [0.29, 0.717) is 38.0 Å². The third-order valence-electron chi connectivity index (χ3n) is 2.99. The van der Waals surface area contributed by atoms with Gasteiger partial charge in [-0.25, -0.2) is 0 Å². The Balaban J connectivity index is 2.40. The molecule has 0 bridgehead atoms. The number of nitrogens with two attached hydrogens (primary N) is 1. The largest absolute Gasteiger partial charge is 0.492 e. The van der Waals surface area contributed by atoms with Crippen molar-refractivity contribution in [3.8, 4) is 5.75 Å². The third kappa shape index (κ3) is 3.77. The number of benzene rings is 2. The van der Waals surface area contributed by atoms with Gasteiger partial charge in [0.15, 0.2) is 0 Å². The van der Waals surface area contributed by atoms with E-state index >= 15 is 0 Å². The first-order chi connectivity index (χ1) is 9.93. The van der Waals surface area contributed by atoms with Crippen LogP contribution in [-0.2, 0) is 0 Å². The molecule has 112 valence electrons. The van der Waals surface area contributed by atoms with Crippen LogP contribution in [0.25, 0.3) is 0 Å². The van der Waals surface area contributed by atoms with Crippen molar-refractivity contribution in [2.45, 2.75) is 13.0 Å². The second kappa shape index (κ2) is 7.08. The number of ether oxygens (including phenoxy) is 1. The summed E-state index contributed by atoms with van der Waals surface area (Å²) in [5.74, 6) is 0.536. The molecule has 0 aliphatic rings. The molecule has 0 aliphatic heterocycles. The van der Waals surface area contributed by atoms with Gasteiger partial charge in [0.05, 0.1) is 27.7 Å². The standard InChI is InChI=1S/C15H13Cl4NO/c1-2-21-14-7-11(17)9(6-13(14)19)15(20)8-3-4-10(16)12(18)5-8/h3-7,15H,2,20H2,1H3. The molecule has 6 heteroatoms. The molecule has 0 aromatic heterocycles. The molecule has 0 heterocycles. The van der Waals surface area contributed by atoms with Gasteiger partial charge in [-0.3, -0.25) is 0 Å².